The van der Waals surface area contributed by atoms with E-state index in [1.807, 2.05) is 24.4 Å². The van der Waals surface area contributed by atoms with Gasteiger partial charge < -0.3 is 9.67 Å². The third-order valence-electron chi connectivity index (χ3n) is 2.79. The smallest absolute Gasteiger partial charge is 0.0702 e. The van der Waals surface area contributed by atoms with E-state index in [-0.39, 0.29) is 6.61 Å². The monoisotopic (exact) mass is 249 g/mol. The number of halogens is 1. The molecule has 0 unspecified atom stereocenters. The van der Waals surface area contributed by atoms with E-state index in [9.17, 15) is 5.11 Å². The van der Waals surface area contributed by atoms with Crippen LogP contribution in [0.4, 0.5) is 0 Å². The van der Waals surface area contributed by atoms with Crippen molar-refractivity contribution in [3.63, 3.8) is 0 Å². The summed E-state index contributed by atoms with van der Waals surface area (Å²) in [5.41, 5.74) is 3.29. The van der Waals surface area contributed by atoms with Crippen molar-refractivity contribution in [3.8, 4) is 0 Å². The van der Waals surface area contributed by atoms with Crippen LogP contribution >= 0.6 is 11.6 Å². The van der Waals surface area contributed by atoms with Gasteiger partial charge in [-0.05, 0) is 26.0 Å². The van der Waals surface area contributed by atoms with Gasteiger partial charge in [-0.25, -0.2) is 0 Å². The summed E-state index contributed by atoms with van der Waals surface area (Å²) >= 11 is 6.01. The molecule has 90 valence electrons. The van der Waals surface area contributed by atoms with Gasteiger partial charge in [0.2, 0.25) is 0 Å². The lowest BCUT2D eigenvalue weighted by Gasteiger charge is -2.02. The summed E-state index contributed by atoms with van der Waals surface area (Å²) in [4.78, 5) is 0. The predicted molar refractivity (Wildman–Crippen MR) is 72.3 cm³/mol. The quantitative estimate of drug-likeness (QED) is 0.824. The minimum absolute atomic E-state index is 0.0555. The van der Waals surface area contributed by atoms with E-state index in [0.29, 0.717) is 0 Å². The normalized spacial score (nSPS) is 10.8. The van der Waals surface area contributed by atoms with E-state index < -0.39 is 0 Å². The van der Waals surface area contributed by atoms with E-state index in [4.69, 9.17) is 11.6 Å². The van der Waals surface area contributed by atoms with Gasteiger partial charge in [0.15, 0.2) is 0 Å². The Hall–Kier alpha value is -1.25. The third kappa shape index (κ3) is 2.54. The molecule has 0 radical (unpaired) electrons. The SMILES string of the molecule is CC(C)=CCn1cc(CO)c2ccc(Cl)cc21. The number of hydrogen-bond donors (Lipinski definition) is 1. The molecule has 1 aromatic heterocycles. The predicted octanol–water partition coefficient (Wildman–Crippen LogP) is 3.75. The topological polar surface area (TPSA) is 25.2 Å². The molecule has 2 nitrogen and oxygen atoms in total. The molecule has 0 saturated heterocycles. The number of allylic oxidation sites excluding steroid dienone is 2. The Labute approximate surface area is 106 Å². The van der Waals surface area contributed by atoms with Gasteiger partial charge >= 0.3 is 0 Å². The Morgan fingerprint density at radius 3 is 2.82 bits per heavy atom. The van der Waals surface area contributed by atoms with Crippen LogP contribution in [-0.4, -0.2) is 9.67 Å². The summed E-state index contributed by atoms with van der Waals surface area (Å²) < 4.78 is 2.11. The molecule has 2 rings (SSSR count). The van der Waals surface area contributed by atoms with Crippen LogP contribution in [0.5, 0.6) is 0 Å². The van der Waals surface area contributed by atoms with Gasteiger partial charge in [0.1, 0.15) is 0 Å². The Balaban J connectivity index is 2.54. The van der Waals surface area contributed by atoms with Crippen LogP contribution < -0.4 is 0 Å². The van der Waals surface area contributed by atoms with Crippen molar-refractivity contribution in [2.45, 2.75) is 27.0 Å². The first kappa shape index (κ1) is 12.2. The first-order valence-corrected chi connectivity index (χ1v) is 6.01. The first-order valence-electron chi connectivity index (χ1n) is 5.63. The molecule has 1 aromatic carbocycles. The minimum atomic E-state index is 0.0555. The fraction of sp³-hybridized carbons (Fsp3) is 0.286. The minimum Gasteiger partial charge on any atom is -0.392 e. The Kier molecular flexibility index (Phi) is 3.55. The summed E-state index contributed by atoms with van der Waals surface area (Å²) in [6.07, 6.45) is 4.14. The fourth-order valence-corrected chi connectivity index (χ4v) is 2.07. The lowest BCUT2D eigenvalue weighted by molar-refractivity contribution is 0.283. The number of hydrogen-bond acceptors (Lipinski definition) is 1. The molecule has 1 heterocycles. The van der Waals surface area contributed by atoms with Gasteiger partial charge in [0.25, 0.3) is 0 Å². The van der Waals surface area contributed by atoms with E-state index >= 15 is 0 Å². The molecular formula is C14H16ClNO. The average Bonchev–Trinajstić information content (AvgIpc) is 2.63. The molecule has 2 aromatic rings. The lowest BCUT2D eigenvalue weighted by atomic mass is 10.2. The zero-order valence-electron chi connectivity index (χ0n) is 10.1. The average molecular weight is 250 g/mol. The molecular weight excluding hydrogens is 234 g/mol. The molecule has 0 bridgehead atoms. The van der Waals surface area contributed by atoms with E-state index in [1.54, 1.807) is 0 Å². The molecule has 0 aliphatic heterocycles. The summed E-state index contributed by atoms with van der Waals surface area (Å²) in [7, 11) is 0. The van der Waals surface area contributed by atoms with Crippen molar-refractivity contribution < 1.29 is 5.11 Å². The molecule has 0 aliphatic rings. The van der Waals surface area contributed by atoms with Crippen LogP contribution in [0.25, 0.3) is 10.9 Å². The number of aliphatic hydroxyl groups excluding tert-OH is 1. The number of fused-ring (bicyclic) bond motifs is 1. The molecule has 3 heteroatoms. The number of aromatic nitrogens is 1. The van der Waals surface area contributed by atoms with Gasteiger partial charge in [0, 0.05) is 28.7 Å². The van der Waals surface area contributed by atoms with Crippen molar-refractivity contribution >= 4 is 22.5 Å². The van der Waals surface area contributed by atoms with Crippen LogP contribution in [0, 0.1) is 0 Å². The summed E-state index contributed by atoms with van der Waals surface area (Å²) in [5.74, 6) is 0. The zero-order valence-corrected chi connectivity index (χ0v) is 10.8. The van der Waals surface area contributed by atoms with Crippen molar-refractivity contribution in [2.75, 3.05) is 0 Å². The second kappa shape index (κ2) is 4.94. The summed E-state index contributed by atoms with van der Waals surface area (Å²) in [6, 6.07) is 5.76. The highest BCUT2D eigenvalue weighted by Crippen LogP contribution is 2.25. The van der Waals surface area contributed by atoms with Gasteiger partial charge in [-0.1, -0.05) is 29.3 Å². The van der Waals surface area contributed by atoms with Crippen LogP contribution in [0.15, 0.2) is 36.0 Å². The van der Waals surface area contributed by atoms with Crippen LogP contribution in [0.2, 0.25) is 5.02 Å². The zero-order chi connectivity index (χ0) is 12.4. The summed E-state index contributed by atoms with van der Waals surface area (Å²) in [6.45, 7) is 5.01. The van der Waals surface area contributed by atoms with E-state index in [1.165, 1.54) is 5.57 Å². The lowest BCUT2D eigenvalue weighted by Crippen LogP contribution is -1.93. The van der Waals surface area contributed by atoms with Crippen LogP contribution in [0.1, 0.15) is 19.4 Å². The maximum Gasteiger partial charge on any atom is 0.0702 e. The maximum atomic E-state index is 9.33. The number of rotatable bonds is 3. The Bertz CT molecular complexity index is 565. The highest BCUT2D eigenvalue weighted by Gasteiger charge is 2.07. The van der Waals surface area contributed by atoms with Crippen LogP contribution in [0.3, 0.4) is 0 Å². The van der Waals surface area contributed by atoms with Gasteiger partial charge in [-0.15, -0.1) is 0 Å². The summed E-state index contributed by atoms with van der Waals surface area (Å²) in [5, 5.41) is 11.1. The second-order valence-corrected chi connectivity index (χ2v) is 4.84. The molecule has 0 saturated carbocycles. The molecule has 0 aliphatic carbocycles. The van der Waals surface area contributed by atoms with Crippen LogP contribution in [-0.2, 0) is 13.2 Å². The molecule has 0 amide bonds. The highest BCUT2D eigenvalue weighted by molar-refractivity contribution is 6.31. The number of benzene rings is 1. The molecule has 17 heavy (non-hydrogen) atoms. The van der Waals surface area contributed by atoms with Crippen molar-refractivity contribution in [3.05, 3.63) is 46.6 Å². The van der Waals surface area contributed by atoms with Gasteiger partial charge in [-0.3, -0.25) is 0 Å². The second-order valence-electron chi connectivity index (χ2n) is 4.41. The largest absolute Gasteiger partial charge is 0.392 e. The Morgan fingerprint density at radius 1 is 1.41 bits per heavy atom. The molecule has 1 N–H and O–H groups in total. The maximum absolute atomic E-state index is 9.33. The molecule has 0 spiro atoms. The van der Waals surface area contributed by atoms with E-state index in [0.717, 1.165) is 28.0 Å². The van der Waals surface area contributed by atoms with Crippen molar-refractivity contribution in [2.24, 2.45) is 0 Å². The highest BCUT2D eigenvalue weighted by atomic mass is 35.5. The number of aliphatic hydroxyl groups is 1. The third-order valence-corrected chi connectivity index (χ3v) is 3.03. The van der Waals surface area contributed by atoms with Crippen molar-refractivity contribution in [1.29, 1.82) is 0 Å². The molecule has 0 fully saturated rings. The van der Waals surface area contributed by atoms with Crippen molar-refractivity contribution in [1.82, 2.24) is 4.57 Å². The molecule has 0 atom stereocenters. The van der Waals surface area contributed by atoms with Gasteiger partial charge in [0.05, 0.1) is 12.1 Å². The fourth-order valence-electron chi connectivity index (χ4n) is 1.90. The Morgan fingerprint density at radius 2 is 2.18 bits per heavy atom. The number of nitrogens with zero attached hydrogens (tertiary/aromatic N) is 1. The standard InChI is InChI=1S/C14H16ClNO/c1-10(2)5-6-16-8-11(9-17)13-4-3-12(15)7-14(13)16/h3-5,7-8,17H,6,9H2,1-2H3. The first-order chi connectivity index (χ1) is 8.11. The van der Waals surface area contributed by atoms with E-state index in [2.05, 4.69) is 24.5 Å². The van der Waals surface area contributed by atoms with Gasteiger partial charge in [-0.2, -0.15) is 0 Å².